The molecule has 0 aliphatic carbocycles. The number of halogens is 1. The first-order valence-corrected chi connectivity index (χ1v) is 8.51. The summed E-state index contributed by atoms with van der Waals surface area (Å²) in [6.45, 7) is 0. The lowest BCUT2D eigenvalue weighted by Gasteiger charge is -2.18. The molecule has 7 heteroatoms. The van der Waals surface area contributed by atoms with E-state index >= 15 is 0 Å². The first-order valence-electron chi connectivity index (χ1n) is 7.72. The van der Waals surface area contributed by atoms with Crippen molar-refractivity contribution in [3.05, 3.63) is 41.1 Å². The largest absolute Gasteiger partial charge is 0.493 e. The minimum absolute atomic E-state index is 0.437. The van der Waals surface area contributed by atoms with Crippen LogP contribution in [-0.4, -0.2) is 33.6 Å². The molecule has 26 heavy (non-hydrogen) atoms. The van der Waals surface area contributed by atoms with Gasteiger partial charge in [-0.15, -0.1) is 0 Å². The van der Waals surface area contributed by atoms with Crippen LogP contribution in [0, 0.1) is 0 Å². The summed E-state index contributed by atoms with van der Waals surface area (Å²) in [6, 6.07) is 9.61. The van der Waals surface area contributed by atoms with Gasteiger partial charge in [0.2, 0.25) is 11.5 Å². The molecule has 136 valence electrons. The van der Waals surface area contributed by atoms with Crippen LogP contribution >= 0.6 is 15.9 Å². The Hall–Kier alpha value is -2.67. The van der Waals surface area contributed by atoms with Gasteiger partial charge in [-0.2, -0.15) is 0 Å². The summed E-state index contributed by atoms with van der Waals surface area (Å²) in [7, 11) is 6.23. The smallest absolute Gasteiger partial charge is 0.207 e. The fourth-order valence-electron chi connectivity index (χ4n) is 2.78. The highest BCUT2D eigenvalue weighted by Crippen LogP contribution is 2.51. The van der Waals surface area contributed by atoms with Crippen molar-refractivity contribution in [3.63, 3.8) is 0 Å². The van der Waals surface area contributed by atoms with Crippen LogP contribution in [0.4, 0.5) is 0 Å². The van der Waals surface area contributed by atoms with Gasteiger partial charge in [0.25, 0.3) is 0 Å². The van der Waals surface area contributed by atoms with Crippen molar-refractivity contribution < 1.29 is 23.5 Å². The number of aromatic nitrogens is 1. The van der Waals surface area contributed by atoms with E-state index in [0.29, 0.717) is 28.7 Å². The Morgan fingerprint density at radius 1 is 0.808 bits per heavy atom. The van der Waals surface area contributed by atoms with Gasteiger partial charge < -0.3 is 23.5 Å². The molecule has 0 spiro atoms. The maximum atomic E-state index is 5.61. The average Bonchev–Trinajstić information content (AvgIpc) is 3.16. The quantitative estimate of drug-likeness (QED) is 0.571. The van der Waals surface area contributed by atoms with Crippen LogP contribution in [0.2, 0.25) is 0 Å². The predicted octanol–water partition coefficient (Wildman–Crippen LogP) is 4.81. The summed E-state index contributed by atoms with van der Waals surface area (Å²) in [6.07, 6.45) is 1.57. The first-order chi connectivity index (χ1) is 12.6. The molecule has 2 aromatic carbocycles. The van der Waals surface area contributed by atoms with E-state index in [2.05, 4.69) is 21.1 Å². The predicted molar refractivity (Wildman–Crippen MR) is 101 cm³/mol. The molecule has 0 aliphatic heterocycles. The van der Waals surface area contributed by atoms with Crippen molar-refractivity contribution in [3.8, 4) is 45.4 Å². The maximum absolute atomic E-state index is 5.61. The molecule has 0 fully saturated rings. The molecule has 0 amide bonds. The van der Waals surface area contributed by atoms with E-state index < -0.39 is 0 Å². The zero-order valence-corrected chi connectivity index (χ0v) is 16.4. The molecule has 1 aromatic heterocycles. The Morgan fingerprint density at radius 3 is 2.04 bits per heavy atom. The molecule has 3 aromatic rings. The van der Waals surface area contributed by atoms with Crippen LogP contribution in [0.15, 0.2) is 45.6 Å². The number of benzene rings is 2. The lowest BCUT2D eigenvalue weighted by atomic mass is 10.00. The SMILES string of the molecule is COc1cc(-c2conc2-c2ccc(Br)cc2)c(OC)c(OC)c1OC. The van der Waals surface area contributed by atoms with Crippen LogP contribution < -0.4 is 18.9 Å². The Kier molecular flexibility index (Phi) is 5.37. The lowest BCUT2D eigenvalue weighted by Crippen LogP contribution is -2.00. The Morgan fingerprint density at radius 2 is 1.46 bits per heavy atom. The van der Waals surface area contributed by atoms with E-state index in [1.54, 1.807) is 34.7 Å². The summed E-state index contributed by atoms with van der Waals surface area (Å²) in [5.41, 5.74) is 3.07. The molecule has 6 nitrogen and oxygen atoms in total. The fraction of sp³-hybridized carbons (Fsp3) is 0.211. The lowest BCUT2D eigenvalue weighted by molar-refractivity contribution is 0.306. The topological polar surface area (TPSA) is 63.0 Å². The number of hydrogen-bond donors (Lipinski definition) is 0. The number of nitrogens with zero attached hydrogens (tertiary/aromatic N) is 1. The normalized spacial score (nSPS) is 10.5. The number of ether oxygens (including phenoxy) is 4. The van der Waals surface area contributed by atoms with Crippen molar-refractivity contribution >= 4 is 15.9 Å². The van der Waals surface area contributed by atoms with E-state index in [1.807, 2.05) is 30.3 Å². The standard InChI is InChI=1S/C19H18BrNO5/c1-22-15-9-13(17(23-2)19(25-4)18(15)24-3)14-10-26-21-16(14)11-5-7-12(20)8-6-11/h5-10H,1-4H3. The van der Waals surface area contributed by atoms with Crippen LogP contribution in [0.1, 0.15) is 0 Å². The monoisotopic (exact) mass is 419 g/mol. The van der Waals surface area contributed by atoms with Gasteiger partial charge in [-0.05, 0) is 18.2 Å². The molecule has 0 radical (unpaired) electrons. The van der Waals surface area contributed by atoms with Crippen molar-refractivity contribution in [1.82, 2.24) is 5.16 Å². The van der Waals surface area contributed by atoms with Gasteiger partial charge in [0.05, 0.1) is 34.0 Å². The minimum atomic E-state index is 0.437. The van der Waals surface area contributed by atoms with Crippen molar-refractivity contribution in [1.29, 1.82) is 0 Å². The average molecular weight is 420 g/mol. The highest BCUT2D eigenvalue weighted by molar-refractivity contribution is 9.10. The van der Waals surface area contributed by atoms with Gasteiger partial charge in [-0.25, -0.2) is 0 Å². The molecular weight excluding hydrogens is 402 g/mol. The second kappa shape index (κ2) is 7.70. The van der Waals surface area contributed by atoms with Crippen LogP contribution in [-0.2, 0) is 0 Å². The van der Waals surface area contributed by atoms with Crippen molar-refractivity contribution in [2.75, 3.05) is 28.4 Å². The minimum Gasteiger partial charge on any atom is -0.493 e. The number of rotatable bonds is 6. The van der Waals surface area contributed by atoms with Gasteiger partial charge in [-0.3, -0.25) is 0 Å². The van der Waals surface area contributed by atoms with E-state index in [1.165, 1.54) is 0 Å². The molecule has 0 unspecified atom stereocenters. The second-order valence-corrected chi connectivity index (χ2v) is 6.23. The van der Waals surface area contributed by atoms with E-state index in [0.717, 1.165) is 21.2 Å². The highest BCUT2D eigenvalue weighted by Gasteiger charge is 2.25. The molecule has 0 aliphatic rings. The molecular formula is C19H18BrNO5. The number of methoxy groups -OCH3 is 4. The maximum Gasteiger partial charge on any atom is 0.207 e. The van der Waals surface area contributed by atoms with Crippen LogP contribution in [0.25, 0.3) is 22.4 Å². The fourth-order valence-corrected chi connectivity index (χ4v) is 3.04. The van der Waals surface area contributed by atoms with E-state index in [4.69, 9.17) is 23.5 Å². The molecule has 0 N–H and O–H groups in total. The van der Waals surface area contributed by atoms with Gasteiger partial charge in [0, 0.05) is 15.6 Å². The Labute approximate surface area is 159 Å². The second-order valence-electron chi connectivity index (χ2n) is 5.31. The molecule has 1 heterocycles. The zero-order chi connectivity index (χ0) is 18.7. The summed E-state index contributed by atoms with van der Waals surface area (Å²) >= 11 is 3.44. The highest BCUT2D eigenvalue weighted by atomic mass is 79.9. The van der Waals surface area contributed by atoms with E-state index in [-0.39, 0.29) is 0 Å². The third kappa shape index (κ3) is 3.10. The van der Waals surface area contributed by atoms with Crippen LogP contribution in [0.3, 0.4) is 0 Å². The molecule has 0 saturated heterocycles. The zero-order valence-electron chi connectivity index (χ0n) is 14.8. The van der Waals surface area contributed by atoms with Gasteiger partial charge in [0.15, 0.2) is 11.5 Å². The van der Waals surface area contributed by atoms with E-state index in [9.17, 15) is 0 Å². The van der Waals surface area contributed by atoms with Crippen molar-refractivity contribution in [2.45, 2.75) is 0 Å². The summed E-state index contributed by atoms with van der Waals surface area (Å²) < 4.78 is 28.2. The summed E-state index contributed by atoms with van der Waals surface area (Å²) in [5.74, 6) is 1.92. The number of hydrogen-bond acceptors (Lipinski definition) is 6. The third-order valence-electron chi connectivity index (χ3n) is 3.97. The summed E-state index contributed by atoms with van der Waals surface area (Å²) in [4.78, 5) is 0. The molecule has 0 saturated carbocycles. The third-order valence-corrected chi connectivity index (χ3v) is 4.49. The molecule has 3 rings (SSSR count). The Bertz CT molecular complexity index is 905. The van der Waals surface area contributed by atoms with Crippen molar-refractivity contribution in [2.24, 2.45) is 0 Å². The Balaban J connectivity index is 2.25. The summed E-state index contributed by atoms with van der Waals surface area (Å²) in [5, 5.41) is 4.16. The van der Waals surface area contributed by atoms with Crippen LogP contribution in [0.5, 0.6) is 23.0 Å². The van der Waals surface area contributed by atoms with Gasteiger partial charge >= 0.3 is 0 Å². The molecule has 0 bridgehead atoms. The van der Waals surface area contributed by atoms with Gasteiger partial charge in [0.1, 0.15) is 12.0 Å². The first kappa shape index (κ1) is 18.1. The van der Waals surface area contributed by atoms with Gasteiger partial charge in [-0.1, -0.05) is 33.2 Å². The molecule has 0 atom stereocenters.